The summed E-state index contributed by atoms with van der Waals surface area (Å²) in [5.41, 5.74) is 9.99. The van der Waals surface area contributed by atoms with Crippen LogP contribution in [0.2, 0.25) is 5.02 Å². The summed E-state index contributed by atoms with van der Waals surface area (Å²) in [6.45, 7) is 4.34. The Morgan fingerprint density at radius 3 is 2.65 bits per heavy atom. The van der Waals surface area contributed by atoms with Crippen LogP contribution in [-0.2, 0) is 0 Å². The van der Waals surface area contributed by atoms with Crippen LogP contribution < -0.4 is 5.73 Å². The molecule has 0 aliphatic heterocycles. The highest BCUT2D eigenvalue weighted by atomic mass is 35.5. The average molecular weight is 286 g/mol. The summed E-state index contributed by atoms with van der Waals surface area (Å²) in [6, 6.07) is 14.0. The van der Waals surface area contributed by atoms with Gasteiger partial charge in [0.1, 0.15) is 0 Å². The summed E-state index contributed by atoms with van der Waals surface area (Å²) in [7, 11) is 0. The van der Waals surface area contributed by atoms with Crippen molar-refractivity contribution in [2.75, 3.05) is 5.73 Å². The maximum atomic E-state index is 6.31. The topological polar surface area (TPSA) is 43.8 Å². The second kappa shape index (κ2) is 4.84. The largest absolute Gasteiger partial charge is 0.369 e. The zero-order valence-electron chi connectivity index (χ0n) is 11.5. The van der Waals surface area contributed by atoms with Crippen molar-refractivity contribution < 1.29 is 0 Å². The van der Waals surface area contributed by atoms with E-state index >= 15 is 0 Å². The maximum absolute atomic E-state index is 6.31. The monoisotopic (exact) mass is 285 g/mol. The van der Waals surface area contributed by atoms with Crippen molar-refractivity contribution in [3.8, 4) is 5.69 Å². The van der Waals surface area contributed by atoms with Gasteiger partial charge in [0.2, 0.25) is 5.95 Å². The number of benzene rings is 2. The van der Waals surface area contributed by atoms with Crippen molar-refractivity contribution >= 4 is 28.6 Å². The number of nitrogen functional groups attached to an aromatic ring is 1. The normalized spacial score (nSPS) is 11.4. The van der Waals surface area contributed by atoms with Crippen LogP contribution in [0.3, 0.4) is 0 Å². The molecule has 0 saturated heterocycles. The standard InChI is InChI=1S/C16H16ClN3/c1-10(2)11-5-3-6-12(9-11)20-15-13(17)7-4-8-14(15)19-16(20)18/h3-10H,1-2H3,(H2,18,19). The first-order chi connectivity index (χ1) is 9.58. The Morgan fingerprint density at radius 1 is 1.15 bits per heavy atom. The second-order valence-corrected chi connectivity index (χ2v) is 5.57. The fraction of sp³-hybridized carbons (Fsp3) is 0.188. The lowest BCUT2D eigenvalue weighted by atomic mass is 10.0. The van der Waals surface area contributed by atoms with Crippen LogP contribution in [0.15, 0.2) is 42.5 Å². The SMILES string of the molecule is CC(C)c1cccc(-n2c(N)nc3cccc(Cl)c32)c1. The molecule has 3 nitrogen and oxygen atoms in total. The zero-order valence-corrected chi connectivity index (χ0v) is 12.2. The number of nitrogens with zero attached hydrogens (tertiary/aromatic N) is 2. The molecule has 0 aliphatic carbocycles. The Morgan fingerprint density at radius 2 is 1.90 bits per heavy atom. The van der Waals surface area contributed by atoms with Crippen LogP contribution in [0, 0.1) is 0 Å². The van der Waals surface area contributed by atoms with Gasteiger partial charge in [-0.1, -0.05) is 43.6 Å². The minimum atomic E-state index is 0.453. The maximum Gasteiger partial charge on any atom is 0.205 e. The third-order valence-electron chi connectivity index (χ3n) is 3.45. The van der Waals surface area contributed by atoms with E-state index in [1.54, 1.807) is 0 Å². The minimum absolute atomic E-state index is 0.453. The van der Waals surface area contributed by atoms with Crippen LogP contribution >= 0.6 is 11.6 Å². The quantitative estimate of drug-likeness (QED) is 0.759. The number of anilines is 1. The number of para-hydroxylation sites is 1. The molecule has 0 radical (unpaired) electrons. The van der Waals surface area contributed by atoms with Crippen LogP contribution in [0.25, 0.3) is 16.7 Å². The van der Waals surface area contributed by atoms with Crippen molar-refractivity contribution in [3.05, 3.63) is 53.1 Å². The third kappa shape index (κ3) is 2.04. The number of hydrogen-bond acceptors (Lipinski definition) is 2. The van der Waals surface area contributed by atoms with Gasteiger partial charge in [0.15, 0.2) is 0 Å². The highest BCUT2D eigenvalue weighted by Crippen LogP contribution is 2.29. The lowest BCUT2D eigenvalue weighted by molar-refractivity contribution is 0.864. The molecule has 0 spiro atoms. The van der Waals surface area contributed by atoms with Crippen molar-refractivity contribution in [2.45, 2.75) is 19.8 Å². The van der Waals surface area contributed by atoms with Crippen LogP contribution in [0.4, 0.5) is 5.95 Å². The van der Waals surface area contributed by atoms with E-state index in [0.717, 1.165) is 16.7 Å². The van der Waals surface area contributed by atoms with Gasteiger partial charge in [-0.2, -0.15) is 0 Å². The second-order valence-electron chi connectivity index (χ2n) is 5.16. The van der Waals surface area contributed by atoms with Crippen molar-refractivity contribution in [2.24, 2.45) is 0 Å². The Kier molecular flexibility index (Phi) is 3.14. The smallest absolute Gasteiger partial charge is 0.205 e. The molecule has 1 aromatic heterocycles. The van der Waals surface area contributed by atoms with Gasteiger partial charge in [0, 0.05) is 5.69 Å². The Hall–Kier alpha value is -2.00. The summed E-state index contributed by atoms with van der Waals surface area (Å²) < 4.78 is 1.91. The number of rotatable bonds is 2. The molecule has 0 saturated carbocycles. The highest BCUT2D eigenvalue weighted by Gasteiger charge is 2.13. The summed E-state index contributed by atoms with van der Waals surface area (Å²) in [4.78, 5) is 4.38. The number of fused-ring (bicyclic) bond motifs is 1. The van der Waals surface area contributed by atoms with E-state index in [4.69, 9.17) is 17.3 Å². The van der Waals surface area contributed by atoms with Gasteiger partial charge in [-0.25, -0.2) is 4.98 Å². The molecule has 4 heteroatoms. The van der Waals surface area contributed by atoms with E-state index in [0.29, 0.717) is 16.9 Å². The van der Waals surface area contributed by atoms with E-state index in [2.05, 4.69) is 31.0 Å². The van der Waals surface area contributed by atoms with E-state index < -0.39 is 0 Å². The van der Waals surface area contributed by atoms with Crippen LogP contribution in [-0.4, -0.2) is 9.55 Å². The number of nitrogens with two attached hydrogens (primary N) is 1. The molecule has 3 rings (SSSR count). The lowest BCUT2D eigenvalue weighted by Gasteiger charge is -2.11. The van der Waals surface area contributed by atoms with Crippen LogP contribution in [0.5, 0.6) is 0 Å². The van der Waals surface area contributed by atoms with Crippen molar-refractivity contribution in [1.82, 2.24) is 9.55 Å². The van der Waals surface area contributed by atoms with Crippen LogP contribution in [0.1, 0.15) is 25.3 Å². The molecule has 0 amide bonds. The molecule has 102 valence electrons. The van der Waals surface area contributed by atoms with E-state index in [9.17, 15) is 0 Å². The first-order valence-electron chi connectivity index (χ1n) is 6.60. The molecule has 3 aromatic rings. The molecular weight excluding hydrogens is 270 g/mol. The molecule has 0 aliphatic rings. The summed E-state index contributed by atoms with van der Waals surface area (Å²) in [5, 5.41) is 0.654. The Bertz CT molecular complexity index is 774. The molecule has 0 bridgehead atoms. The number of hydrogen-bond donors (Lipinski definition) is 1. The van der Waals surface area contributed by atoms with Gasteiger partial charge in [0.25, 0.3) is 0 Å². The Labute approximate surface area is 123 Å². The first-order valence-corrected chi connectivity index (χ1v) is 6.98. The van der Waals surface area contributed by atoms with E-state index in [1.165, 1.54) is 5.56 Å². The lowest BCUT2D eigenvalue weighted by Crippen LogP contribution is -2.01. The zero-order chi connectivity index (χ0) is 14.3. The predicted molar refractivity (Wildman–Crippen MR) is 84.6 cm³/mol. The summed E-state index contributed by atoms with van der Waals surface area (Å²) in [5.74, 6) is 0.912. The van der Waals surface area contributed by atoms with Gasteiger partial charge in [-0.05, 0) is 35.7 Å². The van der Waals surface area contributed by atoms with Gasteiger partial charge in [-0.3, -0.25) is 4.57 Å². The van der Waals surface area contributed by atoms with Gasteiger partial charge < -0.3 is 5.73 Å². The molecule has 0 fully saturated rings. The molecule has 0 atom stereocenters. The average Bonchev–Trinajstić information content (AvgIpc) is 2.76. The number of halogens is 1. The molecule has 1 heterocycles. The predicted octanol–water partition coefficient (Wildman–Crippen LogP) is 4.38. The van der Waals surface area contributed by atoms with Crippen molar-refractivity contribution in [3.63, 3.8) is 0 Å². The minimum Gasteiger partial charge on any atom is -0.369 e. The van der Waals surface area contributed by atoms with Gasteiger partial charge in [-0.15, -0.1) is 0 Å². The summed E-state index contributed by atoms with van der Waals surface area (Å²) >= 11 is 6.31. The Balaban J connectivity index is 2.29. The summed E-state index contributed by atoms with van der Waals surface area (Å²) in [6.07, 6.45) is 0. The molecule has 2 N–H and O–H groups in total. The van der Waals surface area contributed by atoms with Crippen molar-refractivity contribution in [1.29, 1.82) is 0 Å². The highest BCUT2D eigenvalue weighted by molar-refractivity contribution is 6.35. The number of imidazole rings is 1. The molecule has 2 aromatic carbocycles. The fourth-order valence-electron chi connectivity index (χ4n) is 2.39. The van der Waals surface area contributed by atoms with Gasteiger partial charge in [0.05, 0.1) is 16.1 Å². The molecule has 20 heavy (non-hydrogen) atoms. The third-order valence-corrected chi connectivity index (χ3v) is 3.75. The van der Waals surface area contributed by atoms with E-state index in [-0.39, 0.29) is 0 Å². The van der Waals surface area contributed by atoms with E-state index in [1.807, 2.05) is 34.9 Å². The van der Waals surface area contributed by atoms with Gasteiger partial charge >= 0.3 is 0 Å². The molecule has 0 unspecified atom stereocenters. The number of aromatic nitrogens is 2. The molecular formula is C16H16ClN3. The fourth-order valence-corrected chi connectivity index (χ4v) is 2.64. The first kappa shape index (κ1) is 13.0.